The maximum atomic E-state index is 5.59. The van der Waals surface area contributed by atoms with Crippen LogP contribution in [0.3, 0.4) is 0 Å². The van der Waals surface area contributed by atoms with E-state index in [0.717, 1.165) is 0 Å². The Hall–Kier alpha value is -0.0400. The van der Waals surface area contributed by atoms with Gasteiger partial charge in [0.05, 0.1) is 11.7 Å². The van der Waals surface area contributed by atoms with E-state index < -0.39 is 0 Å². The lowest BCUT2D eigenvalue weighted by molar-refractivity contribution is 0.265. The van der Waals surface area contributed by atoms with E-state index in [4.69, 9.17) is 4.74 Å². The molecule has 0 amide bonds. The summed E-state index contributed by atoms with van der Waals surface area (Å²) in [7, 11) is 0. The summed E-state index contributed by atoms with van der Waals surface area (Å²) < 4.78 is 5.59. The van der Waals surface area contributed by atoms with Crippen LogP contribution in [0.2, 0.25) is 0 Å². The van der Waals surface area contributed by atoms with E-state index in [1.807, 2.05) is 0 Å². The minimum absolute atomic E-state index is 0.309. The van der Waals surface area contributed by atoms with Crippen molar-refractivity contribution in [2.75, 3.05) is 0 Å². The van der Waals surface area contributed by atoms with Crippen LogP contribution in [0, 0.1) is 0 Å². The van der Waals surface area contributed by atoms with Crippen molar-refractivity contribution in [2.45, 2.75) is 58.2 Å². The molecule has 0 aliphatic carbocycles. The standard InChI is InChI=1S/C9H18O/c1-4-6-9(7-5-2)8(3)10-9/h8H,4-7H2,1-3H3. The van der Waals surface area contributed by atoms with E-state index in [-0.39, 0.29) is 0 Å². The van der Waals surface area contributed by atoms with E-state index in [2.05, 4.69) is 20.8 Å². The third-order valence-corrected chi connectivity index (χ3v) is 2.44. The van der Waals surface area contributed by atoms with Gasteiger partial charge < -0.3 is 4.74 Å². The number of hydrogen-bond donors (Lipinski definition) is 0. The average Bonchev–Trinajstić information content (AvgIpc) is 2.44. The van der Waals surface area contributed by atoms with Gasteiger partial charge >= 0.3 is 0 Å². The van der Waals surface area contributed by atoms with Crippen LogP contribution in [0.25, 0.3) is 0 Å². The Morgan fingerprint density at radius 2 is 1.60 bits per heavy atom. The van der Waals surface area contributed by atoms with Gasteiger partial charge in [0.15, 0.2) is 0 Å². The highest BCUT2D eigenvalue weighted by Gasteiger charge is 2.50. The van der Waals surface area contributed by atoms with Gasteiger partial charge in [0.1, 0.15) is 0 Å². The molecule has 0 bridgehead atoms. The highest BCUT2D eigenvalue weighted by atomic mass is 16.6. The van der Waals surface area contributed by atoms with Crippen molar-refractivity contribution in [3.05, 3.63) is 0 Å². The van der Waals surface area contributed by atoms with Crippen LogP contribution in [0.15, 0.2) is 0 Å². The Morgan fingerprint density at radius 3 is 1.80 bits per heavy atom. The van der Waals surface area contributed by atoms with Gasteiger partial charge in [0.25, 0.3) is 0 Å². The molecule has 0 radical (unpaired) electrons. The molecule has 0 aromatic heterocycles. The zero-order valence-corrected chi connectivity index (χ0v) is 7.31. The highest BCUT2D eigenvalue weighted by molar-refractivity contribution is 4.99. The molecule has 0 spiro atoms. The van der Waals surface area contributed by atoms with Crippen LogP contribution in [0.4, 0.5) is 0 Å². The summed E-state index contributed by atoms with van der Waals surface area (Å²) >= 11 is 0. The molecule has 0 aromatic rings. The monoisotopic (exact) mass is 142 g/mol. The van der Waals surface area contributed by atoms with Crippen LogP contribution >= 0.6 is 0 Å². The molecule has 0 N–H and O–H groups in total. The van der Waals surface area contributed by atoms with Crippen LogP contribution in [0.5, 0.6) is 0 Å². The molecule has 10 heavy (non-hydrogen) atoms. The van der Waals surface area contributed by atoms with E-state index in [1.54, 1.807) is 0 Å². The number of epoxide rings is 1. The number of ether oxygens (including phenoxy) is 1. The predicted octanol–water partition coefficient (Wildman–Crippen LogP) is 2.74. The first-order valence-electron chi connectivity index (χ1n) is 4.43. The lowest BCUT2D eigenvalue weighted by Gasteiger charge is -2.08. The van der Waals surface area contributed by atoms with Gasteiger partial charge in [0.2, 0.25) is 0 Å². The second-order valence-electron chi connectivity index (χ2n) is 3.32. The van der Waals surface area contributed by atoms with E-state index >= 15 is 0 Å². The first-order chi connectivity index (χ1) is 4.75. The molecule has 0 aromatic carbocycles. The first-order valence-corrected chi connectivity index (χ1v) is 4.43. The molecule has 1 saturated heterocycles. The largest absolute Gasteiger partial charge is 0.366 e. The molecule has 1 fully saturated rings. The fourth-order valence-corrected chi connectivity index (χ4v) is 1.81. The van der Waals surface area contributed by atoms with Crippen molar-refractivity contribution in [1.82, 2.24) is 0 Å². The zero-order valence-electron chi connectivity index (χ0n) is 7.31. The molecule has 1 atom stereocenters. The van der Waals surface area contributed by atoms with Gasteiger partial charge in [-0.2, -0.15) is 0 Å². The van der Waals surface area contributed by atoms with Crippen molar-refractivity contribution in [2.24, 2.45) is 0 Å². The molecule has 1 heterocycles. The first kappa shape index (κ1) is 8.06. The Balaban J connectivity index is 2.31. The minimum Gasteiger partial charge on any atom is -0.366 e. The number of rotatable bonds is 4. The van der Waals surface area contributed by atoms with Crippen LogP contribution in [-0.2, 0) is 4.74 Å². The van der Waals surface area contributed by atoms with Crippen LogP contribution in [0.1, 0.15) is 46.5 Å². The minimum atomic E-state index is 0.309. The van der Waals surface area contributed by atoms with Gasteiger partial charge in [0, 0.05) is 0 Å². The zero-order chi connectivity index (χ0) is 7.61. The van der Waals surface area contributed by atoms with Crippen LogP contribution in [-0.4, -0.2) is 11.7 Å². The molecular formula is C9H18O. The fraction of sp³-hybridized carbons (Fsp3) is 1.00. The molecule has 1 heteroatoms. The Labute approximate surface area is 63.8 Å². The SMILES string of the molecule is CCCC1(CCC)OC1C. The molecular weight excluding hydrogens is 124 g/mol. The molecule has 1 aliphatic heterocycles. The maximum Gasteiger partial charge on any atom is 0.0945 e. The van der Waals surface area contributed by atoms with E-state index in [0.29, 0.717) is 11.7 Å². The van der Waals surface area contributed by atoms with Gasteiger partial charge in [-0.05, 0) is 19.8 Å². The van der Waals surface area contributed by atoms with Gasteiger partial charge in [-0.1, -0.05) is 26.7 Å². The summed E-state index contributed by atoms with van der Waals surface area (Å²) in [6.45, 7) is 6.64. The third kappa shape index (κ3) is 1.34. The molecule has 1 nitrogen and oxygen atoms in total. The third-order valence-electron chi connectivity index (χ3n) is 2.44. The molecule has 1 rings (SSSR count). The quantitative estimate of drug-likeness (QED) is 0.550. The fourth-order valence-electron chi connectivity index (χ4n) is 1.81. The summed E-state index contributed by atoms with van der Waals surface area (Å²) in [4.78, 5) is 0. The smallest absolute Gasteiger partial charge is 0.0945 e. The Kier molecular flexibility index (Phi) is 2.35. The van der Waals surface area contributed by atoms with Crippen molar-refractivity contribution >= 4 is 0 Å². The summed E-state index contributed by atoms with van der Waals surface area (Å²) in [6.07, 6.45) is 5.55. The Bertz CT molecular complexity index is 103. The topological polar surface area (TPSA) is 12.5 Å². The second kappa shape index (κ2) is 2.91. The van der Waals surface area contributed by atoms with Gasteiger partial charge in [-0.3, -0.25) is 0 Å². The summed E-state index contributed by atoms with van der Waals surface area (Å²) in [5, 5.41) is 0. The van der Waals surface area contributed by atoms with Gasteiger partial charge in [-0.15, -0.1) is 0 Å². The summed E-state index contributed by atoms with van der Waals surface area (Å²) in [5.41, 5.74) is 0.309. The van der Waals surface area contributed by atoms with Crippen molar-refractivity contribution in [3.63, 3.8) is 0 Å². The molecule has 1 aliphatic rings. The summed E-state index contributed by atoms with van der Waals surface area (Å²) in [5.74, 6) is 0. The van der Waals surface area contributed by atoms with Crippen molar-refractivity contribution in [3.8, 4) is 0 Å². The predicted molar refractivity (Wildman–Crippen MR) is 43.1 cm³/mol. The second-order valence-corrected chi connectivity index (χ2v) is 3.32. The van der Waals surface area contributed by atoms with E-state index in [1.165, 1.54) is 25.7 Å². The van der Waals surface area contributed by atoms with E-state index in [9.17, 15) is 0 Å². The maximum absolute atomic E-state index is 5.59. The van der Waals surface area contributed by atoms with Gasteiger partial charge in [-0.25, -0.2) is 0 Å². The highest BCUT2D eigenvalue weighted by Crippen LogP contribution is 2.43. The van der Waals surface area contributed by atoms with Crippen molar-refractivity contribution in [1.29, 1.82) is 0 Å². The lowest BCUT2D eigenvalue weighted by Crippen LogP contribution is -2.12. The number of hydrogen-bond acceptors (Lipinski definition) is 1. The average molecular weight is 142 g/mol. The van der Waals surface area contributed by atoms with Crippen molar-refractivity contribution < 1.29 is 4.74 Å². The van der Waals surface area contributed by atoms with Crippen LogP contribution < -0.4 is 0 Å². The Morgan fingerprint density at radius 1 is 1.20 bits per heavy atom. The molecule has 1 unspecified atom stereocenters. The molecule has 0 saturated carbocycles. The lowest BCUT2D eigenvalue weighted by atomic mass is 9.95. The molecule has 60 valence electrons. The summed E-state index contributed by atoms with van der Waals surface area (Å²) in [6, 6.07) is 0. The normalized spacial score (nSPS) is 28.5.